The number of piperidine rings is 1. The first-order valence-corrected chi connectivity index (χ1v) is 8.34. The lowest BCUT2D eigenvalue weighted by molar-refractivity contribution is 0.0912. The van der Waals surface area contributed by atoms with Crippen molar-refractivity contribution in [3.8, 4) is 0 Å². The molecule has 1 aromatic rings. The monoisotopic (exact) mass is 274 g/mol. The van der Waals surface area contributed by atoms with E-state index >= 15 is 0 Å². The molecule has 0 bridgehead atoms. The molecule has 1 aromatic carbocycles. The lowest BCUT2D eigenvalue weighted by atomic mass is 9.93. The maximum atomic E-state index is 6.12. The molecule has 2 nitrogen and oxygen atoms in total. The van der Waals surface area contributed by atoms with Gasteiger partial charge in [0.15, 0.2) is 0 Å². The second-order valence-corrected chi connectivity index (χ2v) is 6.02. The smallest absolute Gasteiger partial charge is 0.0473 e. The molecule has 20 heavy (non-hydrogen) atoms. The predicted octanol–water partition coefficient (Wildman–Crippen LogP) is 3.90. The molecule has 2 rings (SSSR count). The summed E-state index contributed by atoms with van der Waals surface area (Å²) in [5, 5.41) is 0. The molecule has 1 saturated heterocycles. The fourth-order valence-electron chi connectivity index (χ4n) is 3.51. The molecule has 0 amide bonds. The minimum atomic E-state index is 0.401. The van der Waals surface area contributed by atoms with Crippen molar-refractivity contribution in [2.75, 3.05) is 13.1 Å². The van der Waals surface area contributed by atoms with Gasteiger partial charge in [-0.3, -0.25) is 4.90 Å². The second kappa shape index (κ2) is 7.80. The van der Waals surface area contributed by atoms with E-state index in [0.717, 1.165) is 19.0 Å². The van der Waals surface area contributed by atoms with Gasteiger partial charge in [0.25, 0.3) is 0 Å². The summed E-state index contributed by atoms with van der Waals surface area (Å²) in [6.07, 6.45) is 7.74. The molecule has 1 heterocycles. The largest absolute Gasteiger partial charge is 0.329 e. The van der Waals surface area contributed by atoms with Gasteiger partial charge in [-0.15, -0.1) is 0 Å². The minimum absolute atomic E-state index is 0.401. The molecule has 1 aliphatic heterocycles. The van der Waals surface area contributed by atoms with E-state index in [-0.39, 0.29) is 0 Å². The predicted molar refractivity (Wildman–Crippen MR) is 86.9 cm³/mol. The van der Waals surface area contributed by atoms with E-state index in [4.69, 9.17) is 5.73 Å². The van der Waals surface area contributed by atoms with Crippen LogP contribution in [0.15, 0.2) is 24.3 Å². The lowest BCUT2D eigenvalue weighted by Crippen LogP contribution is -2.44. The summed E-state index contributed by atoms with van der Waals surface area (Å²) >= 11 is 0. The summed E-state index contributed by atoms with van der Waals surface area (Å²) in [4.78, 5) is 2.67. The Labute approximate surface area is 124 Å². The molecule has 1 fully saturated rings. The summed E-state index contributed by atoms with van der Waals surface area (Å²) in [5.74, 6) is 0. The topological polar surface area (TPSA) is 29.3 Å². The quantitative estimate of drug-likeness (QED) is 0.852. The van der Waals surface area contributed by atoms with Crippen molar-refractivity contribution in [1.29, 1.82) is 0 Å². The Bertz CT molecular complexity index is 383. The van der Waals surface area contributed by atoms with Crippen LogP contribution in [-0.2, 0) is 6.42 Å². The van der Waals surface area contributed by atoms with Crippen molar-refractivity contribution in [2.45, 2.75) is 64.5 Å². The Hall–Kier alpha value is -0.860. The zero-order chi connectivity index (χ0) is 14.4. The highest BCUT2D eigenvalue weighted by atomic mass is 15.2. The SMILES string of the molecule is CCCC1CCCCN1C(CN)c1ccc(CC)cc1. The van der Waals surface area contributed by atoms with Gasteiger partial charge >= 0.3 is 0 Å². The minimum Gasteiger partial charge on any atom is -0.329 e. The zero-order valence-corrected chi connectivity index (χ0v) is 13.1. The third kappa shape index (κ3) is 3.62. The number of likely N-dealkylation sites (tertiary alicyclic amines) is 1. The normalized spacial score (nSPS) is 21.9. The van der Waals surface area contributed by atoms with Crippen LogP contribution in [-0.4, -0.2) is 24.0 Å². The van der Waals surface area contributed by atoms with E-state index in [9.17, 15) is 0 Å². The fraction of sp³-hybridized carbons (Fsp3) is 0.667. The first-order chi connectivity index (χ1) is 9.80. The summed E-state index contributed by atoms with van der Waals surface area (Å²) in [5.41, 5.74) is 8.93. The number of nitrogens with two attached hydrogens (primary N) is 1. The van der Waals surface area contributed by atoms with Crippen LogP contribution < -0.4 is 5.73 Å². The van der Waals surface area contributed by atoms with Crippen LogP contribution >= 0.6 is 0 Å². The number of benzene rings is 1. The second-order valence-electron chi connectivity index (χ2n) is 6.02. The molecule has 1 aliphatic rings. The number of nitrogens with zero attached hydrogens (tertiary/aromatic N) is 1. The molecule has 0 radical (unpaired) electrons. The Morgan fingerprint density at radius 1 is 1.20 bits per heavy atom. The van der Waals surface area contributed by atoms with Crippen LogP contribution in [0.25, 0.3) is 0 Å². The van der Waals surface area contributed by atoms with E-state index in [1.165, 1.54) is 49.8 Å². The number of rotatable bonds is 6. The van der Waals surface area contributed by atoms with Gasteiger partial charge in [-0.25, -0.2) is 0 Å². The van der Waals surface area contributed by atoms with E-state index in [1.54, 1.807) is 0 Å². The summed E-state index contributed by atoms with van der Waals surface area (Å²) in [6, 6.07) is 10.2. The van der Waals surface area contributed by atoms with Crippen molar-refractivity contribution in [1.82, 2.24) is 4.90 Å². The van der Waals surface area contributed by atoms with Crippen molar-refractivity contribution in [3.63, 3.8) is 0 Å². The van der Waals surface area contributed by atoms with Crippen molar-refractivity contribution in [2.24, 2.45) is 5.73 Å². The lowest BCUT2D eigenvalue weighted by Gasteiger charge is -2.41. The summed E-state index contributed by atoms with van der Waals surface area (Å²) in [6.45, 7) is 6.44. The van der Waals surface area contributed by atoms with E-state index in [1.807, 2.05) is 0 Å². The highest BCUT2D eigenvalue weighted by Gasteiger charge is 2.28. The molecule has 112 valence electrons. The summed E-state index contributed by atoms with van der Waals surface area (Å²) in [7, 11) is 0. The highest BCUT2D eigenvalue weighted by molar-refractivity contribution is 5.25. The number of hydrogen-bond acceptors (Lipinski definition) is 2. The zero-order valence-electron chi connectivity index (χ0n) is 13.1. The van der Waals surface area contributed by atoms with Crippen LogP contribution in [0, 0.1) is 0 Å². The van der Waals surface area contributed by atoms with Gasteiger partial charge in [0, 0.05) is 18.6 Å². The van der Waals surface area contributed by atoms with E-state index in [2.05, 4.69) is 43.0 Å². The van der Waals surface area contributed by atoms with Crippen LogP contribution in [0.1, 0.15) is 63.1 Å². The van der Waals surface area contributed by atoms with Gasteiger partial charge in [-0.05, 0) is 43.4 Å². The average Bonchev–Trinajstić information content (AvgIpc) is 2.51. The van der Waals surface area contributed by atoms with Gasteiger partial charge < -0.3 is 5.73 Å². The first-order valence-electron chi connectivity index (χ1n) is 8.34. The van der Waals surface area contributed by atoms with Crippen LogP contribution in [0.4, 0.5) is 0 Å². The van der Waals surface area contributed by atoms with Crippen LogP contribution in [0.5, 0.6) is 0 Å². The molecule has 0 saturated carbocycles. The molecule has 2 atom stereocenters. The standard InChI is InChI=1S/C18H30N2/c1-3-7-17-8-5-6-13-20(17)18(14-19)16-11-9-15(4-2)10-12-16/h9-12,17-18H,3-8,13-14,19H2,1-2H3. The van der Waals surface area contributed by atoms with Crippen molar-refractivity contribution in [3.05, 3.63) is 35.4 Å². The molecule has 2 N–H and O–H groups in total. The highest BCUT2D eigenvalue weighted by Crippen LogP contribution is 2.30. The molecule has 2 heteroatoms. The average molecular weight is 274 g/mol. The van der Waals surface area contributed by atoms with Gasteiger partial charge in [0.1, 0.15) is 0 Å². The van der Waals surface area contributed by atoms with Gasteiger partial charge in [-0.1, -0.05) is 51.0 Å². The Morgan fingerprint density at radius 3 is 2.55 bits per heavy atom. The first kappa shape index (κ1) is 15.5. The maximum Gasteiger partial charge on any atom is 0.0473 e. The Morgan fingerprint density at radius 2 is 1.95 bits per heavy atom. The number of aryl methyl sites for hydroxylation is 1. The molecule has 0 aromatic heterocycles. The van der Waals surface area contributed by atoms with Crippen molar-refractivity contribution >= 4 is 0 Å². The van der Waals surface area contributed by atoms with Gasteiger partial charge in [0.05, 0.1) is 0 Å². The Kier molecular flexibility index (Phi) is 6.06. The molecular formula is C18H30N2. The fourth-order valence-corrected chi connectivity index (χ4v) is 3.51. The maximum absolute atomic E-state index is 6.12. The van der Waals surface area contributed by atoms with Gasteiger partial charge in [0.2, 0.25) is 0 Å². The molecule has 2 unspecified atom stereocenters. The van der Waals surface area contributed by atoms with Crippen molar-refractivity contribution < 1.29 is 0 Å². The molecular weight excluding hydrogens is 244 g/mol. The summed E-state index contributed by atoms with van der Waals surface area (Å²) < 4.78 is 0. The Balaban J connectivity index is 2.15. The van der Waals surface area contributed by atoms with E-state index < -0.39 is 0 Å². The van der Waals surface area contributed by atoms with Gasteiger partial charge in [-0.2, -0.15) is 0 Å². The van der Waals surface area contributed by atoms with Crippen LogP contribution in [0.2, 0.25) is 0 Å². The molecule has 0 aliphatic carbocycles. The third-order valence-corrected chi connectivity index (χ3v) is 4.69. The van der Waals surface area contributed by atoms with Crippen LogP contribution in [0.3, 0.4) is 0 Å². The molecule has 0 spiro atoms. The third-order valence-electron chi connectivity index (χ3n) is 4.69. The van der Waals surface area contributed by atoms with E-state index in [0.29, 0.717) is 6.04 Å². The number of hydrogen-bond donors (Lipinski definition) is 1.